The minimum Gasteiger partial charge on any atom is -0.372 e. The molecule has 0 spiro atoms. The molecule has 0 aliphatic heterocycles. The molecule has 0 saturated heterocycles. The lowest BCUT2D eigenvalue weighted by molar-refractivity contribution is -0.137. The van der Waals surface area contributed by atoms with Crippen molar-refractivity contribution >= 4 is 17.3 Å². The molecule has 0 aliphatic carbocycles. The predicted molar refractivity (Wildman–Crippen MR) is 101 cm³/mol. The topological polar surface area (TPSA) is 44.7 Å². The fourth-order valence-corrected chi connectivity index (χ4v) is 2.60. The van der Waals surface area contributed by atoms with Gasteiger partial charge in [0.15, 0.2) is 0 Å². The van der Waals surface area contributed by atoms with Crippen LogP contribution in [0.5, 0.6) is 0 Å². The average molecular weight is 377 g/mol. The van der Waals surface area contributed by atoms with Crippen LogP contribution >= 0.6 is 0 Å². The third kappa shape index (κ3) is 5.32. The summed E-state index contributed by atoms with van der Waals surface area (Å²) in [5, 5.41) is 3.92. The van der Waals surface area contributed by atoms with Gasteiger partial charge in [0, 0.05) is 24.3 Å². The molecule has 0 fully saturated rings. The number of nitrogens with one attached hydrogen (secondary N) is 1. The smallest absolute Gasteiger partial charge is 0.372 e. The Balaban J connectivity index is 2.10. The number of halogens is 3. The lowest BCUT2D eigenvalue weighted by Crippen LogP contribution is -2.22. The monoisotopic (exact) mass is 377 g/mol. The lowest BCUT2D eigenvalue weighted by Gasteiger charge is -2.20. The Hall–Kier alpha value is -2.83. The van der Waals surface area contributed by atoms with E-state index in [1.165, 1.54) is 12.1 Å². The molecule has 0 aromatic heterocycles. The fourth-order valence-electron chi connectivity index (χ4n) is 2.60. The molecule has 27 heavy (non-hydrogen) atoms. The number of hydrazone groups is 1. The number of benzene rings is 2. The van der Waals surface area contributed by atoms with Crippen molar-refractivity contribution < 1.29 is 18.0 Å². The summed E-state index contributed by atoms with van der Waals surface area (Å²) in [6.07, 6.45) is -4.42. The summed E-state index contributed by atoms with van der Waals surface area (Å²) in [6.45, 7) is 7.37. The molecule has 1 amide bonds. The van der Waals surface area contributed by atoms with Gasteiger partial charge in [0.2, 0.25) is 0 Å². The summed E-state index contributed by atoms with van der Waals surface area (Å²) in [4.78, 5) is 14.4. The molecule has 0 aliphatic rings. The SMILES string of the molecule is CCN(CC)c1ccc(C(=O)N/N=C(/C)c2cccc(C(F)(F)F)c2)cc1. The Bertz CT molecular complexity index is 810. The maximum Gasteiger partial charge on any atom is 0.416 e. The number of carbonyl (C=O) groups excluding carboxylic acids is 1. The molecule has 0 unspecified atom stereocenters. The fraction of sp³-hybridized carbons (Fsp3) is 0.300. The van der Waals surface area contributed by atoms with E-state index in [4.69, 9.17) is 0 Å². The first-order chi connectivity index (χ1) is 12.8. The molecule has 1 N–H and O–H groups in total. The molecule has 0 radical (unpaired) electrons. The minimum absolute atomic E-state index is 0.286. The van der Waals surface area contributed by atoms with Gasteiger partial charge in [-0.2, -0.15) is 18.3 Å². The summed E-state index contributed by atoms with van der Waals surface area (Å²) in [7, 11) is 0. The van der Waals surface area contributed by atoms with Crippen LogP contribution in [0, 0.1) is 0 Å². The van der Waals surface area contributed by atoms with Crippen LogP contribution in [0.2, 0.25) is 0 Å². The quantitative estimate of drug-likeness (QED) is 0.586. The van der Waals surface area contributed by atoms with E-state index < -0.39 is 17.6 Å². The maximum atomic E-state index is 12.8. The highest BCUT2D eigenvalue weighted by molar-refractivity contribution is 6.01. The van der Waals surface area contributed by atoms with Crippen LogP contribution in [0.1, 0.15) is 42.3 Å². The molecule has 144 valence electrons. The molecular weight excluding hydrogens is 355 g/mol. The van der Waals surface area contributed by atoms with Crippen molar-refractivity contribution in [3.8, 4) is 0 Å². The zero-order valence-electron chi connectivity index (χ0n) is 15.5. The first-order valence-electron chi connectivity index (χ1n) is 8.63. The van der Waals surface area contributed by atoms with Gasteiger partial charge in [-0.3, -0.25) is 4.79 Å². The second kappa shape index (κ2) is 8.70. The molecule has 2 rings (SSSR count). The van der Waals surface area contributed by atoms with Gasteiger partial charge < -0.3 is 4.90 Å². The summed E-state index contributed by atoms with van der Waals surface area (Å²) < 4.78 is 38.4. The Morgan fingerprint density at radius 1 is 1.04 bits per heavy atom. The Morgan fingerprint density at radius 3 is 2.22 bits per heavy atom. The van der Waals surface area contributed by atoms with Crippen molar-refractivity contribution in [2.75, 3.05) is 18.0 Å². The van der Waals surface area contributed by atoms with Crippen LogP contribution in [-0.2, 0) is 6.18 Å². The molecule has 0 bridgehead atoms. The van der Waals surface area contributed by atoms with Gasteiger partial charge in [-0.25, -0.2) is 5.43 Å². The van der Waals surface area contributed by atoms with Crippen molar-refractivity contribution in [3.63, 3.8) is 0 Å². The van der Waals surface area contributed by atoms with Crippen LogP contribution in [0.4, 0.5) is 18.9 Å². The number of hydrogen-bond acceptors (Lipinski definition) is 3. The van der Waals surface area contributed by atoms with Gasteiger partial charge in [0.1, 0.15) is 0 Å². The van der Waals surface area contributed by atoms with E-state index in [0.29, 0.717) is 11.1 Å². The molecule has 0 saturated carbocycles. The third-order valence-corrected chi connectivity index (χ3v) is 4.19. The van der Waals surface area contributed by atoms with Crippen molar-refractivity contribution in [2.45, 2.75) is 26.9 Å². The highest BCUT2D eigenvalue weighted by Gasteiger charge is 2.30. The summed E-state index contributed by atoms with van der Waals surface area (Å²) >= 11 is 0. The highest BCUT2D eigenvalue weighted by Crippen LogP contribution is 2.29. The number of hydrogen-bond donors (Lipinski definition) is 1. The molecule has 4 nitrogen and oxygen atoms in total. The largest absolute Gasteiger partial charge is 0.416 e. The molecule has 7 heteroatoms. The molecular formula is C20H22F3N3O. The van der Waals surface area contributed by atoms with E-state index in [0.717, 1.165) is 30.9 Å². The minimum atomic E-state index is -4.42. The van der Waals surface area contributed by atoms with E-state index in [2.05, 4.69) is 29.3 Å². The summed E-state index contributed by atoms with van der Waals surface area (Å²) in [6, 6.07) is 11.9. The normalized spacial score (nSPS) is 12.0. The second-order valence-corrected chi connectivity index (χ2v) is 5.94. The van der Waals surface area contributed by atoms with Gasteiger partial charge in [0.25, 0.3) is 5.91 Å². The first-order valence-corrected chi connectivity index (χ1v) is 8.63. The van der Waals surface area contributed by atoms with Gasteiger partial charge in [-0.15, -0.1) is 0 Å². The lowest BCUT2D eigenvalue weighted by atomic mass is 10.1. The van der Waals surface area contributed by atoms with Crippen molar-refractivity contribution in [1.82, 2.24) is 5.43 Å². The number of nitrogens with zero attached hydrogens (tertiary/aromatic N) is 2. The predicted octanol–water partition coefficient (Wildman–Crippen LogP) is 4.71. The van der Waals surface area contributed by atoms with Gasteiger partial charge in [-0.1, -0.05) is 12.1 Å². The number of amides is 1. The maximum absolute atomic E-state index is 12.8. The van der Waals surface area contributed by atoms with E-state index in [1.54, 1.807) is 19.1 Å². The van der Waals surface area contributed by atoms with E-state index >= 15 is 0 Å². The Labute approximate surface area is 156 Å². The molecule has 0 heterocycles. The molecule has 0 atom stereocenters. The van der Waals surface area contributed by atoms with E-state index in [1.807, 2.05) is 12.1 Å². The number of anilines is 1. The van der Waals surface area contributed by atoms with Gasteiger partial charge in [0.05, 0.1) is 11.3 Å². The van der Waals surface area contributed by atoms with Gasteiger partial charge in [-0.05, 0) is 62.7 Å². The van der Waals surface area contributed by atoms with Crippen LogP contribution < -0.4 is 10.3 Å². The van der Waals surface area contributed by atoms with Gasteiger partial charge >= 0.3 is 6.18 Å². The standard InChI is InChI=1S/C20H22F3N3O/c1-4-26(5-2)18-11-9-15(10-12-18)19(27)25-24-14(3)16-7-6-8-17(13-16)20(21,22)23/h6-13H,4-5H2,1-3H3,(H,25,27)/b24-14-. The van der Waals surface area contributed by atoms with Crippen molar-refractivity contribution in [1.29, 1.82) is 0 Å². The Morgan fingerprint density at radius 2 is 1.67 bits per heavy atom. The average Bonchev–Trinajstić information content (AvgIpc) is 2.66. The number of carbonyl (C=O) groups is 1. The molecule has 2 aromatic carbocycles. The van der Waals surface area contributed by atoms with Crippen LogP contribution in [0.25, 0.3) is 0 Å². The van der Waals surface area contributed by atoms with E-state index in [-0.39, 0.29) is 5.71 Å². The van der Waals surface area contributed by atoms with Crippen molar-refractivity contribution in [2.24, 2.45) is 5.10 Å². The van der Waals surface area contributed by atoms with Crippen LogP contribution in [0.3, 0.4) is 0 Å². The van der Waals surface area contributed by atoms with E-state index in [9.17, 15) is 18.0 Å². The third-order valence-electron chi connectivity index (χ3n) is 4.19. The zero-order chi connectivity index (χ0) is 20.0. The van der Waals surface area contributed by atoms with Crippen LogP contribution in [-0.4, -0.2) is 24.7 Å². The highest BCUT2D eigenvalue weighted by atomic mass is 19.4. The second-order valence-electron chi connectivity index (χ2n) is 5.94. The molecule has 2 aromatic rings. The summed E-state index contributed by atoms with van der Waals surface area (Å²) in [5.41, 5.74) is 3.65. The number of alkyl halides is 3. The Kier molecular flexibility index (Phi) is 6.60. The zero-order valence-corrected chi connectivity index (χ0v) is 15.5. The number of rotatable bonds is 6. The first kappa shape index (κ1) is 20.5. The van der Waals surface area contributed by atoms with Crippen LogP contribution in [0.15, 0.2) is 53.6 Å². The van der Waals surface area contributed by atoms with Crippen molar-refractivity contribution in [3.05, 3.63) is 65.2 Å². The summed E-state index contributed by atoms with van der Waals surface area (Å²) in [5.74, 6) is -0.424.